The molecule has 1 atom stereocenters. The van der Waals surface area contributed by atoms with Gasteiger partial charge in [-0.15, -0.1) is 10.2 Å². The summed E-state index contributed by atoms with van der Waals surface area (Å²) in [6, 6.07) is 8.42. The number of methoxy groups -OCH3 is 1. The molecule has 0 aliphatic carbocycles. The Balaban J connectivity index is 1.78. The zero-order chi connectivity index (χ0) is 17.3. The van der Waals surface area contributed by atoms with Crippen molar-refractivity contribution in [2.24, 2.45) is 0 Å². The molecule has 0 saturated carbocycles. The summed E-state index contributed by atoms with van der Waals surface area (Å²) in [4.78, 5) is 0. The largest absolute Gasteiger partial charge is 0.421 e. The zero-order valence-corrected chi connectivity index (χ0v) is 14.8. The van der Waals surface area contributed by atoms with Crippen LogP contribution in [0, 0.1) is 6.92 Å². The summed E-state index contributed by atoms with van der Waals surface area (Å²) in [5, 5.41) is 8.81. The van der Waals surface area contributed by atoms with Crippen LogP contribution in [0.1, 0.15) is 42.2 Å². The van der Waals surface area contributed by atoms with Gasteiger partial charge in [0, 0.05) is 26.7 Å². The quantitative estimate of drug-likeness (QED) is 0.850. The third-order valence-corrected chi connectivity index (χ3v) is 5.61. The number of nitrogens with zero attached hydrogens (tertiary/aromatic N) is 2. The highest BCUT2D eigenvalue weighted by atomic mass is 16.6. The van der Waals surface area contributed by atoms with Gasteiger partial charge in [-0.05, 0) is 30.9 Å². The van der Waals surface area contributed by atoms with Crippen LogP contribution in [0.15, 0.2) is 28.7 Å². The molecule has 0 radical (unpaired) electrons. The lowest BCUT2D eigenvalue weighted by molar-refractivity contribution is -0.0428. The van der Waals surface area contributed by atoms with Crippen LogP contribution in [0.3, 0.4) is 0 Å². The zero-order valence-electron chi connectivity index (χ0n) is 14.8. The van der Waals surface area contributed by atoms with Crippen LogP contribution in [0.25, 0.3) is 0 Å². The standard InChI is InChI=1S/C19H24N2O4/c1-14-5-3-4-6-15(14)18(7-10-23-11-8-18)16-20-21-17(25-16)19(22-2)9-12-24-13-19/h3-6H,7-13H2,1-2H3. The van der Waals surface area contributed by atoms with E-state index < -0.39 is 5.60 Å². The van der Waals surface area contributed by atoms with Crippen molar-refractivity contribution in [2.45, 2.75) is 37.2 Å². The Morgan fingerprint density at radius 1 is 0.960 bits per heavy atom. The monoisotopic (exact) mass is 344 g/mol. The normalized spacial score (nSPS) is 26.0. The Labute approximate surface area is 147 Å². The van der Waals surface area contributed by atoms with Crippen LogP contribution in [0.2, 0.25) is 0 Å². The first kappa shape index (κ1) is 16.7. The number of aromatic nitrogens is 2. The fourth-order valence-electron chi connectivity index (χ4n) is 3.99. The number of rotatable bonds is 4. The first-order chi connectivity index (χ1) is 12.2. The fraction of sp³-hybridized carbons (Fsp3) is 0.579. The lowest BCUT2D eigenvalue weighted by Gasteiger charge is -2.35. The van der Waals surface area contributed by atoms with Gasteiger partial charge < -0.3 is 18.6 Å². The molecule has 6 heteroatoms. The molecule has 1 aromatic heterocycles. The first-order valence-corrected chi connectivity index (χ1v) is 8.81. The second-order valence-corrected chi connectivity index (χ2v) is 6.92. The van der Waals surface area contributed by atoms with Crippen LogP contribution in [-0.2, 0) is 25.2 Å². The summed E-state index contributed by atoms with van der Waals surface area (Å²) < 4.78 is 23.1. The van der Waals surface area contributed by atoms with E-state index in [9.17, 15) is 0 Å². The summed E-state index contributed by atoms with van der Waals surface area (Å²) in [5.74, 6) is 1.17. The van der Waals surface area contributed by atoms with Gasteiger partial charge >= 0.3 is 0 Å². The molecule has 0 N–H and O–H groups in total. The van der Waals surface area contributed by atoms with Crippen molar-refractivity contribution in [3.8, 4) is 0 Å². The molecule has 2 aliphatic heterocycles. The van der Waals surface area contributed by atoms with Crippen LogP contribution in [0.4, 0.5) is 0 Å². The number of benzene rings is 1. The van der Waals surface area contributed by atoms with Crippen LogP contribution >= 0.6 is 0 Å². The Morgan fingerprint density at radius 3 is 2.36 bits per heavy atom. The van der Waals surface area contributed by atoms with Gasteiger partial charge in [-0.25, -0.2) is 0 Å². The smallest absolute Gasteiger partial charge is 0.250 e. The van der Waals surface area contributed by atoms with Crippen LogP contribution in [0.5, 0.6) is 0 Å². The second-order valence-electron chi connectivity index (χ2n) is 6.92. The Kier molecular flexibility index (Phi) is 4.35. The van der Waals surface area contributed by atoms with Gasteiger partial charge in [-0.3, -0.25) is 0 Å². The summed E-state index contributed by atoms with van der Waals surface area (Å²) >= 11 is 0. The number of hydrogen-bond acceptors (Lipinski definition) is 6. The van der Waals surface area contributed by atoms with Crippen molar-refractivity contribution < 1.29 is 18.6 Å². The van der Waals surface area contributed by atoms with E-state index in [0.29, 0.717) is 38.2 Å². The summed E-state index contributed by atoms with van der Waals surface area (Å²) in [6.07, 6.45) is 2.39. The van der Waals surface area contributed by atoms with Gasteiger partial charge in [0.05, 0.1) is 18.6 Å². The Morgan fingerprint density at radius 2 is 1.68 bits per heavy atom. The maximum atomic E-state index is 6.23. The average Bonchev–Trinajstić information content (AvgIpc) is 3.33. The van der Waals surface area contributed by atoms with Gasteiger partial charge in [-0.2, -0.15) is 0 Å². The maximum absolute atomic E-state index is 6.23. The molecule has 3 heterocycles. The molecule has 25 heavy (non-hydrogen) atoms. The minimum absolute atomic E-state index is 0.302. The first-order valence-electron chi connectivity index (χ1n) is 8.81. The predicted octanol–water partition coefficient (Wildman–Crippen LogP) is 2.74. The van der Waals surface area contributed by atoms with Crippen molar-refractivity contribution in [1.82, 2.24) is 10.2 Å². The molecule has 4 rings (SSSR count). The predicted molar refractivity (Wildman–Crippen MR) is 90.4 cm³/mol. The highest BCUT2D eigenvalue weighted by Gasteiger charge is 2.46. The molecule has 2 saturated heterocycles. The van der Waals surface area contributed by atoms with E-state index in [0.717, 1.165) is 19.3 Å². The summed E-state index contributed by atoms with van der Waals surface area (Å²) in [5.41, 5.74) is 1.55. The van der Waals surface area contributed by atoms with Crippen molar-refractivity contribution in [3.63, 3.8) is 0 Å². The topological polar surface area (TPSA) is 66.6 Å². The van der Waals surface area contributed by atoms with Gasteiger partial charge in [0.15, 0.2) is 5.60 Å². The van der Waals surface area contributed by atoms with Gasteiger partial charge in [0.1, 0.15) is 0 Å². The maximum Gasteiger partial charge on any atom is 0.250 e. The van der Waals surface area contributed by atoms with Crippen LogP contribution in [-0.4, -0.2) is 43.7 Å². The highest BCUT2D eigenvalue weighted by Crippen LogP contribution is 2.43. The minimum Gasteiger partial charge on any atom is -0.421 e. The molecule has 0 bridgehead atoms. The summed E-state index contributed by atoms with van der Waals surface area (Å²) in [6.45, 7) is 4.59. The van der Waals surface area contributed by atoms with Crippen LogP contribution < -0.4 is 0 Å². The van der Waals surface area contributed by atoms with Crippen molar-refractivity contribution in [3.05, 3.63) is 47.2 Å². The van der Waals surface area contributed by atoms with E-state index >= 15 is 0 Å². The number of ether oxygens (including phenoxy) is 3. The van der Waals surface area contributed by atoms with E-state index in [4.69, 9.17) is 18.6 Å². The average molecular weight is 344 g/mol. The van der Waals surface area contributed by atoms with E-state index in [2.05, 4.69) is 41.4 Å². The molecule has 6 nitrogen and oxygen atoms in total. The molecule has 0 spiro atoms. The van der Waals surface area contributed by atoms with Crippen molar-refractivity contribution in [2.75, 3.05) is 33.5 Å². The molecule has 2 aromatic rings. The molecule has 1 aromatic carbocycles. The second kappa shape index (κ2) is 6.52. The van der Waals surface area contributed by atoms with Gasteiger partial charge in [0.2, 0.25) is 5.89 Å². The van der Waals surface area contributed by atoms with Gasteiger partial charge in [-0.1, -0.05) is 24.3 Å². The van der Waals surface area contributed by atoms with Crippen molar-refractivity contribution in [1.29, 1.82) is 0 Å². The van der Waals surface area contributed by atoms with E-state index in [1.54, 1.807) is 7.11 Å². The lowest BCUT2D eigenvalue weighted by atomic mass is 9.72. The molecular weight excluding hydrogens is 320 g/mol. The third-order valence-electron chi connectivity index (χ3n) is 5.61. The SMILES string of the molecule is COC1(c2nnc(C3(c4ccccc4C)CCOCC3)o2)CCOC1. The summed E-state index contributed by atoms with van der Waals surface area (Å²) in [7, 11) is 1.67. The molecule has 1 unspecified atom stereocenters. The molecule has 2 fully saturated rings. The van der Waals surface area contributed by atoms with E-state index in [1.165, 1.54) is 11.1 Å². The highest BCUT2D eigenvalue weighted by molar-refractivity contribution is 5.38. The van der Waals surface area contributed by atoms with E-state index in [-0.39, 0.29) is 5.41 Å². The van der Waals surface area contributed by atoms with Gasteiger partial charge in [0.25, 0.3) is 5.89 Å². The van der Waals surface area contributed by atoms with Crippen molar-refractivity contribution >= 4 is 0 Å². The molecule has 134 valence electrons. The molecule has 2 aliphatic rings. The number of aryl methyl sites for hydroxylation is 1. The number of hydrogen-bond donors (Lipinski definition) is 0. The minimum atomic E-state index is -0.622. The Hall–Kier alpha value is -1.76. The fourth-order valence-corrected chi connectivity index (χ4v) is 3.99. The molecular formula is C19H24N2O4. The lowest BCUT2D eigenvalue weighted by Crippen LogP contribution is -2.36. The van der Waals surface area contributed by atoms with E-state index in [1.807, 2.05) is 0 Å². The third kappa shape index (κ3) is 2.69. The molecule has 0 amide bonds. The Bertz CT molecular complexity index is 731.